The second kappa shape index (κ2) is 12.3. The van der Waals surface area contributed by atoms with Crippen molar-refractivity contribution in [2.24, 2.45) is 50.2 Å². The van der Waals surface area contributed by atoms with E-state index >= 15 is 0 Å². The number of fused-ring (bicyclic) bond motifs is 7. The van der Waals surface area contributed by atoms with Crippen LogP contribution in [0.25, 0.3) is 0 Å². The van der Waals surface area contributed by atoms with Crippen molar-refractivity contribution in [1.82, 2.24) is 0 Å². The van der Waals surface area contributed by atoms with Crippen molar-refractivity contribution in [2.45, 2.75) is 118 Å². The number of allylic oxidation sites excluding steroid dienone is 5. The first-order valence-corrected chi connectivity index (χ1v) is 17.6. The van der Waals surface area contributed by atoms with E-state index in [4.69, 9.17) is 9.47 Å². The molecule has 0 saturated heterocycles. The van der Waals surface area contributed by atoms with E-state index in [9.17, 15) is 30.0 Å². The minimum atomic E-state index is -1.25. The molecule has 3 unspecified atom stereocenters. The molecule has 4 saturated carbocycles. The molecule has 0 radical (unpaired) electrons. The van der Waals surface area contributed by atoms with Gasteiger partial charge in [0.1, 0.15) is 6.10 Å². The maximum absolute atomic E-state index is 12.8. The molecule has 0 aromatic carbocycles. The van der Waals surface area contributed by atoms with E-state index in [0.29, 0.717) is 19.3 Å². The van der Waals surface area contributed by atoms with Gasteiger partial charge in [-0.1, -0.05) is 64.5 Å². The second-order valence-corrected chi connectivity index (χ2v) is 16.8. The normalized spacial score (nSPS) is 47.2. The Morgan fingerprint density at radius 3 is 2.21 bits per heavy atom. The average Bonchev–Trinajstić information content (AvgIpc) is 3.01. The molecule has 47 heavy (non-hydrogen) atoms. The van der Waals surface area contributed by atoms with Crippen LogP contribution in [0, 0.1) is 50.2 Å². The summed E-state index contributed by atoms with van der Waals surface area (Å²) in [5.74, 6) is -1.14. The van der Waals surface area contributed by atoms with Crippen LogP contribution in [-0.2, 0) is 19.1 Å². The summed E-state index contributed by atoms with van der Waals surface area (Å²) in [5.41, 5.74) is -2.43. The Morgan fingerprint density at radius 1 is 0.936 bits per heavy atom. The third kappa shape index (κ3) is 4.98. The lowest BCUT2D eigenvalue weighted by molar-refractivity contribution is -0.261. The van der Waals surface area contributed by atoms with Crippen LogP contribution in [0.5, 0.6) is 0 Å². The number of carbonyl (C=O) groups excluding carboxylic acids is 2. The number of rotatable bonds is 7. The molecule has 262 valence electrons. The minimum absolute atomic E-state index is 0.0375. The van der Waals surface area contributed by atoms with E-state index < -0.39 is 64.6 Å². The van der Waals surface area contributed by atoms with Gasteiger partial charge in [0.15, 0.2) is 0 Å². The number of hydrogen-bond acceptors (Lipinski definition) is 8. The van der Waals surface area contributed by atoms with Gasteiger partial charge < -0.3 is 29.9 Å². The van der Waals surface area contributed by atoms with E-state index in [-0.39, 0.29) is 35.2 Å². The van der Waals surface area contributed by atoms with Crippen LogP contribution in [0.3, 0.4) is 0 Å². The van der Waals surface area contributed by atoms with Crippen LogP contribution >= 0.6 is 0 Å². The SMILES string of the molecule is C=C[C@]12CC[C@H](O)[C@](C)(COC(=O)/C=C/C)C1CC[C@]1(C)C2CC=C2C3CC(C)(C)[C@@H](O)[C@H](OC(=O)/C=C/C)[C@]3(CO)[C@H](O)C[C@]21C. The fourth-order valence-electron chi connectivity index (χ4n) is 11.7. The number of ether oxygens (including phenoxy) is 2. The van der Waals surface area contributed by atoms with Gasteiger partial charge in [0, 0.05) is 17.6 Å². The average molecular weight is 655 g/mol. The zero-order valence-corrected chi connectivity index (χ0v) is 29.5. The number of aliphatic hydroxyl groups is 4. The van der Waals surface area contributed by atoms with Gasteiger partial charge in [-0.05, 0) is 98.2 Å². The molecule has 0 heterocycles. The summed E-state index contributed by atoms with van der Waals surface area (Å²) < 4.78 is 11.7. The summed E-state index contributed by atoms with van der Waals surface area (Å²) in [6.07, 6.45) is 11.2. The molecule has 8 heteroatoms. The lowest BCUT2D eigenvalue weighted by atomic mass is 9.32. The maximum atomic E-state index is 12.8. The van der Waals surface area contributed by atoms with E-state index in [1.165, 1.54) is 17.7 Å². The van der Waals surface area contributed by atoms with E-state index in [0.717, 1.165) is 25.7 Å². The molecular formula is C39H58O8. The molecule has 4 fully saturated rings. The number of aliphatic hydroxyl groups excluding tert-OH is 4. The quantitative estimate of drug-likeness (QED) is 0.162. The number of esters is 2. The van der Waals surface area contributed by atoms with Crippen LogP contribution in [0.1, 0.15) is 93.4 Å². The molecule has 0 aromatic heterocycles. The zero-order chi connectivity index (χ0) is 34.8. The Balaban J connectivity index is 1.60. The first-order valence-electron chi connectivity index (χ1n) is 17.6. The van der Waals surface area contributed by atoms with Crippen LogP contribution in [-0.4, -0.2) is 70.0 Å². The highest BCUT2D eigenvalue weighted by Gasteiger charge is 2.73. The summed E-state index contributed by atoms with van der Waals surface area (Å²) in [7, 11) is 0. The molecule has 0 aromatic rings. The van der Waals surface area contributed by atoms with E-state index in [1.54, 1.807) is 26.0 Å². The number of carbonyl (C=O) groups is 2. The van der Waals surface area contributed by atoms with Crippen LogP contribution < -0.4 is 0 Å². The predicted molar refractivity (Wildman–Crippen MR) is 180 cm³/mol. The smallest absolute Gasteiger partial charge is 0.330 e. The van der Waals surface area contributed by atoms with Crippen molar-refractivity contribution in [3.05, 3.63) is 48.6 Å². The lowest BCUT2D eigenvalue weighted by Gasteiger charge is -2.72. The fraction of sp³-hybridized carbons (Fsp3) is 0.744. The van der Waals surface area contributed by atoms with Crippen molar-refractivity contribution in [3.8, 4) is 0 Å². The maximum Gasteiger partial charge on any atom is 0.330 e. The first kappa shape index (κ1) is 36.0. The van der Waals surface area contributed by atoms with Crippen LogP contribution in [0.15, 0.2) is 48.6 Å². The van der Waals surface area contributed by atoms with Crippen LogP contribution in [0.2, 0.25) is 0 Å². The number of hydrogen-bond donors (Lipinski definition) is 4. The zero-order valence-electron chi connectivity index (χ0n) is 29.5. The second-order valence-electron chi connectivity index (χ2n) is 16.8. The van der Waals surface area contributed by atoms with Gasteiger partial charge in [0.2, 0.25) is 0 Å². The molecule has 0 bridgehead atoms. The Labute approximate surface area is 281 Å². The molecule has 8 nitrogen and oxygen atoms in total. The summed E-state index contributed by atoms with van der Waals surface area (Å²) in [5, 5.41) is 46.5. The van der Waals surface area contributed by atoms with Gasteiger partial charge >= 0.3 is 11.9 Å². The topological polar surface area (TPSA) is 134 Å². The Kier molecular flexibility index (Phi) is 9.40. The third-order valence-corrected chi connectivity index (χ3v) is 14.5. The van der Waals surface area contributed by atoms with Gasteiger partial charge in [0.25, 0.3) is 0 Å². The molecule has 12 atom stereocenters. The minimum Gasteiger partial charge on any atom is -0.462 e. The highest BCUT2D eigenvalue weighted by atomic mass is 16.6. The lowest BCUT2D eigenvalue weighted by Crippen LogP contribution is -2.72. The third-order valence-electron chi connectivity index (χ3n) is 14.5. The highest BCUT2D eigenvalue weighted by Crippen LogP contribution is 2.76. The van der Waals surface area contributed by atoms with Gasteiger partial charge in [-0.2, -0.15) is 0 Å². The predicted octanol–water partition coefficient (Wildman–Crippen LogP) is 5.45. The molecule has 0 aliphatic heterocycles. The Morgan fingerprint density at radius 2 is 1.60 bits per heavy atom. The van der Waals surface area contributed by atoms with Crippen molar-refractivity contribution >= 4 is 11.9 Å². The standard InChI is InChI=1S/C39H58O8/c1-9-12-30(43)46-23-35(6)26-16-18-36(7)27(38(26,11-3)19-17-28(35)41)15-14-24-25-20-34(4,5)32(45)33(47-31(44)13-10-2)39(25,22-40)29(42)21-37(24,36)8/h9-14,25-29,32-33,40-42,45H,3,15-23H2,1-2,4-8H3/b12-9+,13-10+/t25?,26?,27?,28-,29+,32-,33-,35+,36+,37+,38-,39-/m0/s1. The Bertz CT molecular complexity index is 1350. The summed E-state index contributed by atoms with van der Waals surface area (Å²) in [6, 6.07) is 0. The van der Waals surface area contributed by atoms with Gasteiger partial charge in [-0.3, -0.25) is 0 Å². The first-order chi connectivity index (χ1) is 22.0. The van der Waals surface area contributed by atoms with Gasteiger partial charge in [0.05, 0.1) is 36.9 Å². The van der Waals surface area contributed by atoms with Crippen molar-refractivity contribution in [2.75, 3.05) is 13.2 Å². The van der Waals surface area contributed by atoms with Gasteiger partial charge in [-0.15, -0.1) is 6.58 Å². The summed E-state index contributed by atoms with van der Waals surface area (Å²) in [6.45, 7) is 18.2. The largest absolute Gasteiger partial charge is 0.462 e. The van der Waals surface area contributed by atoms with Gasteiger partial charge in [-0.25, -0.2) is 9.59 Å². The molecule has 4 N–H and O–H groups in total. The molecule has 5 aliphatic carbocycles. The molecular weight excluding hydrogens is 596 g/mol. The molecule has 0 spiro atoms. The fourth-order valence-corrected chi connectivity index (χ4v) is 11.7. The monoisotopic (exact) mass is 654 g/mol. The van der Waals surface area contributed by atoms with Crippen molar-refractivity contribution < 1.29 is 39.5 Å². The van der Waals surface area contributed by atoms with Crippen molar-refractivity contribution in [3.63, 3.8) is 0 Å². The highest BCUT2D eigenvalue weighted by molar-refractivity contribution is 5.82. The Hall–Kier alpha value is -2.26. The molecule has 5 aliphatic rings. The van der Waals surface area contributed by atoms with E-state index in [1.807, 2.05) is 13.8 Å². The van der Waals surface area contributed by atoms with Crippen molar-refractivity contribution in [1.29, 1.82) is 0 Å². The summed E-state index contributed by atoms with van der Waals surface area (Å²) >= 11 is 0. The summed E-state index contributed by atoms with van der Waals surface area (Å²) in [4.78, 5) is 25.2. The van der Waals surface area contributed by atoms with Crippen LogP contribution in [0.4, 0.5) is 0 Å². The van der Waals surface area contributed by atoms with E-state index in [2.05, 4.69) is 39.5 Å². The molecule has 5 rings (SSSR count). The molecule has 0 amide bonds.